The quantitative estimate of drug-likeness (QED) is 0.823. The van der Waals surface area contributed by atoms with Gasteiger partial charge >= 0.3 is 0 Å². The molecule has 1 aromatic heterocycles. The second-order valence-electron chi connectivity index (χ2n) is 3.79. The molecule has 0 bridgehead atoms. The monoisotopic (exact) mass is 244 g/mol. The molecular formula is C12H8N2O2S. The molecule has 2 heterocycles. The number of fused-ring (bicyclic) bond motifs is 1. The van der Waals surface area contributed by atoms with Gasteiger partial charge in [0.25, 0.3) is 0 Å². The molecule has 1 aliphatic heterocycles. The lowest BCUT2D eigenvalue weighted by molar-refractivity contribution is -0.115. The van der Waals surface area contributed by atoms with Gasteiger partial charge in [-0.3, -0.25) is 9.59 Å². The predicted octanol–water partition coefficient (Wildman–Crippen LogP) is 2.12. The normalized spacial score (nSPS) is 13.3. The molecular weight excluding hydrogens is 236 g/mol. The highest BCUT2D eigenvalue weighted by Crippen LogP contribution is 2.30. The molecule has 4 nitrogen and oxygen atoms in total. The van der Waals surface area contributed by atoms with Gasteiger partial charge in [-0.2, -0.15) is 0 Å². The van der Waals surface area contributed by atoms with E-state index in [4.69, 9.17) is 0 Å². The van der Waals surface area contributed by atoms with Crippen LogP contribution in [-0.4, -0.2) is 17.2 Å². The predicted molar refractivity (Wildman–Crippen MR) is 65.3 cm³/mol. The Morgan fingerprint density at radius 2 is 2.29 bits per heavy atom. The van der Waals surface area contributed by atoms with E-state index in [1.807, 2.05) is 18.2 Å². The van der Waals surface area contributed by atoms with Crippen molar-refractivity contribution in [1.29, 1.82) is 0 Å². The van der Waals surface area contributed by atoms with Gasteiger partial charge in [-0.05, 0) is 23.8 Å². The van der Waals surface area contributed by atoms with Crippen LogP contribution in [0.5, 0.6) is 0 Å². The second-order valence-corrected chi connectivity index (χ2v) is 4.65. The van der Waals surface area contributed by atoms with Crippen LogP contribution in [-0.2, 0) is 11.2 Å². The van der Waals surface area contributed by atoms with Crippen molar-refractivity contribution in [3.05, 3.63) is 34.8 Å². The fraction of sp³-hybridized carbons (Fsp3) is 0.0833. The van der Waals surface area contributed by atoms with Crippen molar-refractivity contribution < 1.29 is 9.59 Å². The van der Waals surface area contributed by atoms with Gasteiger partial charge in [0.05, 0.1) is 6.42 Å². The van der Waals surface area contributed by atoms with E-state index in [1.165, 1.54) is 11.3 Å². The number of rotatable bonds is 2. The fourth-order valence-corrected chi connectivity index (χ4v) is 2.60. The molecule has 3 rings (SSSR count). The summed E-state index contributed by atoms with van der Waals surface area (Å²) in [7, 11) is 0. The van der Waals surface area contributed by atoms with Crippen LogP contribution in [0.15, 0.2) is 23.6 Å². The zero-order valence-electron chi connectivity index (χ0n) is 8.77. The Labute approximate surface area is 101 Å². The maximum absolute atomic E-state index is 11.2. The van der Waals surface area contributed by atoms with Gasteiger partial charge in [-0.25, -0.2) is 4.98 Å². The fourth-order valence-electron chi connectivity index (χ4n) is 1.84. The largest absolute Gasteiger partial charge is 0.326 e. The van der Waals surface area contributed by atoms with Gasteiger partial charge in [0.15, 0.2) is 6.29 Å². The van der Waals surface area contributed by atoms with E-state index in [1.54, 1.807) is 5.38 Å². The van der Waals surface area contributed by atoms with Crippen LogP contribution in [0.2, 0.25) is 0 Å². The third-order valence-corrected chi connectivity index (χ3v) is 3.53. The number of hydrogen-bond donors (Lipinski definition) is 1. The third-order valence-electron chi connectivity index (χ3n) is 2.62. The van der Waals surface area contributed by atoms with Gasteiger partial charge in [0, 0.05) is 16.6 Å². The number of benzene rings is 1. The molecule has 5 heteroatoms. The summed E-state index contributed by atoms with van der Waals surface area (Å²) in [6.45, 7) is 0. The highest BCUT2D eigenvalue weighted by molar-refractivity contribution is 7.13. The van der Waals surface area contributed by atoms with Crippen LogP contribution in [0.4, 0.5) is 5.69 Å². The second kappa shape index (κ2) is 3.78. The maximum Gasteiger partial charge on any atom is 0.228 e. The van der Waals surface area contributed by atoms with Crippen molar-refractivity contribution in [3.8, 4) is 10.6 Å². The Morgan fingerprint density at radius 1 is 1.41 bits per heavy atom. The minimum absolute atomic E-state index is 0.0184. The summed E-state index contributed by atoms with van der Waals surface area (Å²) in [5.41, 5.74) is 3.24. The third kappa shape index (κ3) is 1.74. The van der Waals surface area contributed by atoms with Gasteiger partial charge < -0.3 is 5.32 Å². The number of carbonyl (C=O) groups excluding carboxylic acids is 2. The molecule has 1 aliphatic rings. The first-order valence-electron chi connectivity index (χ1n) is 5.10. The summed E-state index contributed by atoms with van der Waals surface area (Å²) < 4.78 is 0. The number of aldehydes is 1. The van der Waals surface area contributed by atoms with Crippen LogP contribution in [0, 0.1) is 0 Å². The molecule has 0 saturated carbocycles. The van der Waals surface area contributed by atoms with E-state index < -0.39 is 0 Å². The number of anilines is 1. The number of aromatic nitrogens is 1. The van der Waals surface area contributed by atoms with Crippen LogP contribution >= 0.6 is 11.3 Å². The van der Waals surface area contributed by atoms with E-state index in [-0.39, 0.29) is 5.91 Å². The van der Waals surface area contributed by atoms with Crippen LogP contribution in [0.3, 0.4) is 0 Å². The summed E-state index contributed by atoms with van der Waals surface area (Å²) >= 11 is 1.43. The lowest BCUT2D eigenvalue weighted by Crippen LogP contribution is -2.03. The molecule has 2 aromatic rings. The summed E-state index contributed by atoms with van der Waals surface area (Å²) in [6, 6.07) is 5.72. The Balaban J connectivity index is 2.02. The molecule has 0 spiro atoms. The SMILES string of the molecule is O=Cc1csc(-c2ccc3c(c2)CC(=O)N3)n1. The molecule has 0 saturated heterocycles. The highest BCUT2D eigenvalue weighted by atomic mass is 32.1. The number of carbonyl (C=O) groups is 2. The average Bonchev–Trinajstić information content (AvgIpc) is 2.92. The minimum Gasteiger partial charge on any atom is -0.326 e. The summed E-state index contributed by atoms with van der Waals surface area (Å²) in [5, 5.41) is 5.30. The van der Waals surface area contributed by atoms with Crippen LogP contribution in [0.1, 0.15) is 16.1 Å². The molecule has 0 fully saturated rings. The van der Waals surface area contributed by atoms with Crippen molar-refractivity contribution in [2.24, 2.45) is 0 Å². The zero-order chi connectivity index (χ0) is 11.8. The van der Waals surface area contributed by atoms with E-state index >= 15 is 0 Å². The highest BCUT2D eigenvalue weighted by Gasteiger charge is 2.18. The number of nitrogens with zero attached hydrogens (tertiary/aromatic N) is 1. The minimum atomic E-state index is 0.0184. The first-order valence-corrected chi connectivity index (χ1v) is 5.98. The Bertz CT molecular complexity index is 619. The van der Waals surface area contributed by atoms with Gasteiger partial charge in [0.2, 0.25) is 5.91 Å². The van der Waals surface area contributed by atoms with Crippen molar-refractivity contribution in [1.82, 2.24) is 4.98 Å². The van der Waals surface area contributed by atoms with Gasteiger partial charge in [-0.1, -0.05) is 0 Å². The van der Waals surface area contributed by atoms with Gasteiger partial charge in [-0.15, -0.1) is 11.3 Å². The zero-order valence-corrected chi connectivity index (χ0v) is 9.58. The molecule has 0 atom stereocenters. The van der Waals surface area contributed by atoms with Crippen molar-refractivity contribution >= 4 is 29.2 Å². The van der Waals surface area contributed by atoms with E-state index in [2.05, 4.69) is 10.3 Å². The lowest BCUT2D eigenvalue weighted by Gasteiger charge is -2.00. The number of amides is 1. The number of thiazole rings is 1. The Morgan fingerprint density at radius 3 is 3.06 bits per heavy atom. The van der Waals surface area contributed by atoms with E-state index in [0.29, 0.717) is 12.1 Å². The van der Waals surface area contributed by atoms with Crippen LogP contribution in [0.25, 0.3) is 10.6 Å². The summed E-state index contributed by atoms with van der Waals surface area (Å²) in [5.74, 6) is 0.0184. The number of hydrogen-bond acceptors (Lipinski definition) is 4. The van der Waals surface area contributed by atoms with Crippen molar-refractivity contribution in [2.45, 2.75) is 6.42 Å². The van der Waals surface area contributed by atoms with Crippen LogP contribution < -0.4 is 5.32 Å². The molecule has 84 valence electrons. The Hall–Kier alpha value is -2.01. The van der Waals surface area contributed by atoms with Gasteiger partial charge in [0.1, 0.15) is 10.7 Å². The molecule has 0 aliphatic carbocycles. The first-order chi connectivity index (χ1) is 8.26. The maximum atomic E-state index is 11.2. The molecule has 0 radical (unpaired) electrons. The Kier molecular flexibility index (Phi) is 2.26. The molecule has 1 amide bonds. The lowest BCUT2D eigenvalue weighted by atomic mass is 10.1. The standard InChI is InChI=1S/C12H8N2O2S/c15-5-9-6-17-12(13-9)7-1-2-10-8(3-7)4-11(16)14-10/h1-3,5-6H,4H2,(H,14,16). The van der Waals surface area contributed by atoms with Crippen molar-refractivity contribution in [2.75, 3.05) is 5.32 Å². The smallest absolute Gasteiger partial charge is 0.228 e. The number of nitrogens with one attached hydrogen (secondary N) is 1. The van der Waals surface area contributed by atoms with E-state index in [9.17, 15) is 9.59 Å². The molecule has 1 N–H and O–H groups in total. The molecule has 0 unspecified atom stereocenters. The topological polar surface area (TPSA) is 59.1 Å². The first kappa shape index (κ1) is 10.2. The molecule has 1 aromatic carbocycles. The average molecular weight is 244 g/mol. The molecule has 17 heavy (non-hydrogen) atoms. The van der Waals surface area contributed by atoms with E-state index in [0.717, 1.165) is 28.1 Å². The summed E-state index contributed by atoms with van der Waals surface area (Å²) in [6.07, 6.45) is 1.15. The summed E-state index contributed by atoms with van der Waals surface area (Å²) in [4.78, 5) is 26.0. The van der Waals surface area contributed by atoms with Crippen molar-refractivity contribution in [3.63, 3.8) is 0 Å².